The number of carbonyl (C=O) groups is 1. The molecule has 0 unspecified atom stereocenters. The molecule has 3 rings (SSSR count). The Hall–Kier alpha value is -3.02. The summed E-state index contributed by atoms with van der Waals surface area (Å²) < 4.78 is 1.83. The lowest BCUT2D eigenvalue weighted by atomic mass is 9.96. The molecule has 0 aromatic carbocycles. The Kier molecular flexibility index (Phi) is 4.12. The Bertz CT molecular complexity index is 957. The summed E-state index contributed by atoms with van der Waals surface area (Å²) in [4.78, 5) is 19.9. The maximum atomic E-state index is 11.0. The molecule has 0 atom stereocenters. The number of fused-ring (bicyclic) bond motifs is 1. The molecular weight excluding hydrogens is 304 g/mol. The lowest BCUT2D eigenvalue weighted by Crippen LogP contribution is -2.01. The summed E-state index contributed by atoms with van der Waals surface area (Å²) >= 11 is 0. The van der Waals surface area contributed by atoms with E-state index >= 15 is 0 Å². The van der Waals surface area contributed by atoms with Crippen molar-refractivity contribution in [3.8, 4) is 11.1 Å². The predicted molar refractivity (Wildman–Crippen MR) is 92.6 cm³/mol. The Labute approximate surface area is 139 Å². The molecular formula is C18H18N4O2. The Balaban J connectivity index is 2.38. The van der Waals surface area contributed by atoms with E-state index in [1.807, 2.05) is 31.5 Å². The van der Waals surface area contributed by atoms with Gasteiger partial charge in [0.2, 0.25) is 0 Å². The molecule has 0 aliphatic heterocycles. The van der Waals surface area contributed by atoms with Crippen LogP contribution < -0.4 is 0 Å². The van der Waals surface area contributed by atoms with E-state index in [-0.39, 0.29) is 0 Å². The average Bonchev–Trinajstić information content (AvgIpc) is 2.94. The molecule has 0 spiro atoms. The van der Waals surface area contributed by atoms with Gasteiger partial charge in [-0.3, -0.25) is 4.98 Å². The normalized spacial score (nSPS) is 11.5. The standard InChI is InChI=1S/C18H18N4O2/c1-4-22-18-15(10-20-22)17(13-7-11(2)8-19-9-13)14(12(3)21-18)5-6-16(23)24/h5-10H,4H2,1-3H3,(H,23,24). The third-order valence-electron chi connectivity index (χ3n) is 3.87. The first-order chi connectivity index (χ1) is 11.5. The topological polar surface area (TPSA) is 80.9 Å². The van der Waals surface area contributed by atoms with Crippen molar-refractivity contribution >= 4 is 23.1 Å². The Morgan fingerprint density at radius 3 is 2.75 bits per heavy atom. The van der Waals surface area contributed by atoms with E-state index in [0.29, 0.717) is 6.54 Å². The molecule has 3 aromatic rings. The highest BCUT2D eigenvalue weighted by Gasteiger charge is 2.16. The molecule has 1 N–H and O–H groups in total. The summed E-state index contributed by atoms with van der Waals surface area (Å²) in [7, 11) is 0. The minimum absolute atomic E-state index is 0.714. The average molecular weight is 322 g/mol. The van der Waals surface area contributed by atoms with Gasteiger partial charge in [0.15, 0.2) is 5.65 Å². The van der Waals surface area contributed by atoms with Gasteiger partial charge in [-0.25, -0.2) is 14.5 Å². The number of rotatable bonds is 4. The molecule has 0 aliphatic carbocycles. The molecule has 0 bridgehead atoms. The highest BCUT2D eigenvalue weighted by Crippen LogP contribution is 2.33. The zero-order chi connectivity index (χ0) is 17.3. The lowest BCUT2D eigenvalue weighted by molar-refractivity contribution is -0.131. The van der Waals surface area contributed by atoms with E-state index in [1.165, 1.54) is 0 Å². The molecule has 0 saturated heterocycles. The van der Waals surface area contributed by atoms with E-state index in [9.17, 15) is 4.79 Å². The van der Waals surface area contributed by atoms with Gasteiger partial charge in [-0.1, -0.05) is 0 Å². The lowest BCUT2D eigenvalue weighted by Gasteiger charge is -2.12. The summed E-state index contributed by atoms with van der Waals surface area (Å²) in [6, 6.07) is 2.03. The van der Waals surface area contributed by atoms with Crippen molar-refractivity contribution < 1.29 is 9.90 Å². The van der Waals surface area contributed by atoms with Crippen LogP contribution >= 0.6 is 0 Å². The highest BCUT2D eigenvalue weighted by molar-refractivity contribution is 5.99. The third-order valence-corrected chi connectivity index (χ3v) is 3.87. The molecule has 6 nitrogen and oxygen atoms in total. The quantitative estimate of drug-likeness (QED) is 0.746. The molecule has 0 radical (unpaired) electrons. The summed E-state index contributed by atoms with van der Waals surface area (Å²) in [6.45, 7) is 6.58. The van der Waals surface area contributed by atoms with Gasteiger partial charge in [-0.15, -0.1) is 0 Å². The number of aromatic nitrogens is 4. The summed E-state index contributed by atoms with van der Waals surface area (Å²) in [5.41, 5.74) is 5.18. The smallest absolute Gasteiger partial charge is 0.328 e. The number of pyridine rings is 2. The monoisotopic (exact) mass is 322 g/mol. The van der Waals surface area contributed by atoms with E-state index in [4.69, 9.17) is 5.11 Å². The van der Waals surface area contributed by atoms with Gasteiger partial charge in [-0.2, -0.15) is 5.10 Å². The number of carboxylic acid groups (broad SMARTS) is 1. The predicted octanol–water partition coefficient (Wildman–Crippen LogP) is 3.23. The highest BCUT2D eigenvalue weighted by atomic mass is 16.4. The number of nitrogens with zero attached hydrogens (tertiary/aromatic N) is 4. The Morgan fingerprint density at radius 1 is 1.29 bits per heavy atom. The van der Waals surface area contributed by atoms with Crippen LogP contribution in [0.15, 0.2) is 30.7 Å². The van der Waals surface area contributed by atoms with Crippen molar-refractivity contribution in [1.82, 2.24) is 19.7 Å². The van der Waals surface area contributed by atoms with E-state index in [1.54, 1.807) is 24.7 Å². The van der Waals surface area contributed by atoms with E-state index in [0.717, 1.165) is 45.1 Å². The summed E-state index contributed by atoms with van der Waals surface area (Å²) in [6.07, 6.45) is 8.07. The van der Waals surface area contributed by atoms with Crippen LogP contribution in [0.5, 0.6) is 0 Å². The zero-order valence-electron chi connectivity index (χ0n) is 13.8. The molecule has 122 valence electrons. The fourth-order valence-electron chi connectivity index (χ4n) is 2.81. The number of carboxylic acids is 1. The molecule has 0 saturated carbocycles. The second-order valence-electron chi connectivity index (χ2n) is 5.61. The van der Waals surface area contributed by atoms with E-state index < -0.39 is 5.97 Å². The number of aryl methyl sites for hydroxylation is 3. The number of hydrogen-bond donors (Lipinski definition) is 1. The van der Waals surface area contributed by atoms with Crippen molar-refractivity contribution in [2.24, 2.45) is 0 Å². The van der Waals surface area contributed by atoms with Crippen LogP contribution in [0.25, 0.3) is 28.2 Å². The van der Waals surface area contributed by atoms with E-state index in [2.05, 4.69) is 15.1 Å². The Morgan fingerprint density at radius 2 is 2.08 bits per heavy atom. The van der Waals surface area contributed by atoms with Gasteiger partial charge >= 0.3 is 5.97 Å². The summed E-state index contributed by atoms with van der Waals surface area (Å²) in [5.74, 6) is -0.993. The first-order valence-electron chi connectivity index (χ1n) is 7.70. The van der Waals surface area contributed by atoms with Crippen LogP contribution in [0.2, 0.25) is 0 Å². The molecule has 0 amide bonds. The number of hydrogen-bond acceptors (Lipinski definition) is 4. The minimum Gasteiger partial charge on any atom is -0.478 e. The largest absolute Gasteiger partial charge is 0.478 e. The number of aliphatic carboxylic acids is 1. The maximum Gasteiger partial charge on any atom is 0.328 e. The van der Waals surface area contributed by atoms with Crippen LogP contribution in [-0.4, -0.2) is 30.8 Å². The van der Waals surface area contributed by atoms with Gasteiger partial charge in [0, 0.05) is 52.8 Å². The van der Waals surface area contributed by atoms with Crippen LogP contribution in [0.1, 0.15) is 23.7 Å². The second kappa shape index (κ2) is 6.23. The van der Waals surface area contributed by atoms with Crippen LogP contribution in [-0.2, 0) is 11.3 Å². The van der Waals surface area contributed by atoms with Gasteiger partial charge in [0.05, 0.1) is 6.20 Å². The van der Waals surface area contributed by atoms with Crippen molar-refractivity contribution in [1.29, 1.82) is 0 Å². The van der Waals surface area contributed by atoms with Gasteiger partial charge in [-0.05, 0) is 38.5 Å². The summed E-state index contributed by atoms with van der Waals surface area (Å²) in [5, 5.41) is 14.3. The minimum atomic E-state index is -0.993. The molecule has 6 heteroatoms. The van der Waals surface area contributed by atoms with Crippen LogP contribution in [0.3, 0.4) is 0 Å². The van der Waals surface area contributed by atoms with Crippen molar-refractivity contribution in [2.45, 2.75) is 27.3 Å². The molecule has 0 fully saturated rings. The van der Waals surface area contributed by atoms with Crippen molar-refractivity contribution in [3.63, 3.8) is 0 Å². The fraction of sp³-hybridized carbons (Fsp3) is 0.222. The van der Waals surface area contributed by atoms with Crippen LogP contribution in [0.4, 0.5) is 0 Å². The van der Waals surface area contributed by atoms with Crippen molar-refractivity contribution in [2.75, 3.05) is 0 Å². The van der Waals surface area contributed by atoms with Crippen LogP contribution in [0, 0.1) is 13.8 Å². The molecule has 0 aliphatic rings. The zero-order valence-corrected chi connectivity index (χ0v) is 13.8. The van der Waals surface area contributed by atoms with Gasteiger partial charge in [0.1, 0.15) is 0 Å². The SMILES string of the molecule is CCn1ncc2c(-c3cncc(C)c3)c(C=CC(=O)O)c(C)nc21. The first kappa shape index (κ1) is 15.9. The van der Waals surface area contributed by atoms with Crippen molar-refractivity contribution in [3.05, 3.63) is 47.6 Å². The van der Waals surface area contributed by atoms with Gasteiger partial charge < -0.3 is 5.11 Å². The van der Waals surface area contributed by atoms with Gasteiger partial charge in [0.25, 0.3) is 0 Å². The third kappa shape index (κ3) is 2.78. The first-order valence-corrected chi connectivity index (χ1v) is 7.70. The maximum absolute atomic E-state index is 11.0. The molecule has 3 heterocycles. The molecule has 3 aromatic heterocycles. The molecule has 24 heavy (non-hydrogen) atoms. The fourth-order valence-corrected chi connectivity index (χ4v) is 2.81. The second-order valence-corrected chi connectivity index (χ2v) is 5.61.